The number of nitrogens with zero attached hydrogens (tertiary/aromatic N) is 2. The van der Waals surface area contributed by atoms with Gasteiger partial charge < -0.3 is 11.4 Å². The molecule has 0 atom stereocenters. The Hall–Kier alpha value is -5.57. The minimum absolute atomic E-state index is 0.0974. The average Bonchev–Trinajstić information content (AvgIpc) is 3.11. The van der Waals surface area contributed by atoms with E-state index in [0.29, 0.717) is 22.5 Å². The molecule has 2 heterocycles. The Bertz CT molecular complexity index is 2240. The molecule has 0 fully saturated rings. The van der Waals surface area contributed by atoms with E-state index in [2.05, 4.69) is 9.97 Å². The van der Waals surface area contributed by atoms with E-state index in [0.717, 1.165) is 35.4 Å². The molecule has 0 aliphatic carbocycles. The van der Waals surface area contributed by atoms with Crippen molar-refractivity contribution in [1.82, 2.24) is 9.97 Å². The first-order valence-corrected chi connectivity index (χ1v) is 17.5. The molecule has 5 aromatic carbocycles. The molecule has 52 heavy (non-hydrogen) atoms. The third-order valence-electron chi connectivity index (χ3n) is 8.29. The van der Waals surface area contributed by atoms with Gasteiger partial charge in [-0.15, -0.1) is 0 Å². The normalized spacial score (nSPS) is 11.8. The molecule has 5 nitrogen and oxygen atoms in total. The van der Waals surface area contributed by atoms with Crippen LogP contribution in [-0.4, -0.2) is 25.1 Å². The monoisotopic (exact) mass is 724 g/mol. The maximum Gasteiger partial charge on any atom is 1.20 e. The summed E-state index contributed by atoms with van der Waals surface area (Å²) in [6, 6.07) is 33.5. The van der Waals surface area contributed by atoms with Gasteiger partial charge in [-0.1, -0.05) is 91.0 Å². The summed E-state index contributed by atoms with van der Waals surface area (Å²) in [7, 11) is 0. The second-order valence-corrected chi connectivity index (χ2v) is 13.3. The SMILES string of the molecule is Cc1ccc2cc(C(F)(F)F)cc([O][Al]([O]c3c(-c4ccccc4)cccc3-c3ccccc3)[O]c3cc(C(F)(F)F)cc4ccc(C)nc34)c2n1. The molecular weight excluding hydrogens is 697 g/mol. The molecule has 0 unspecified atom stereocenters. The Morgan fingerprint density at radius 2 is 0.904 bits per heavy atom. The quantitative estimate of drug-likeness (QED) is 0.115. The van der Waals surface area contributed by atoms with Crippen molar-refractivity contribution in [3.63, 3.8) is 0 Å². The van der Waals surface area contributed by atoms with Crippen LogP contribution in [0.2, 0.25) is 0 Å². The molecular formula is C40H27AlF6N2O3. The summed E-state index contributed by atoms with van der Waals surface area (Å²) < 4.78 is 105. The Morgan fingerprint density at radius 1 is 0.481 bits per heavy atom. The summed E-state index contributed by atoms with van der Waals surface area (Å²) in [5.74, 6) is -0.342. The molecule has 260 valence electrons. The third kappa shape index (κ3) is 7.40. The lowest BCUT2D eigenvalue weighted by Crippen LogP contribution is -2.37. The standard InChI is InChI=1S/C18H14O.2C11H8F3NO.Al/c19-18-16(14-8-3-1-4-9-14)12-7-13-17(18)15-10-5-2-6-11-15;2*1-6-2-3-7-4-8(11(12,13)14)5-9(16)10(7)15-6;/h1-13,19H;2*2-5,16H,1H3;/q;;;+3/p-3. The van der Waals surface area contributed by atoms with Gasteiger partial charge in [0.2, 0.25) is 0 Å². The maximum atomic E-state index is 14.2. The van der Waals surface area contributed by atoms with Crippen LogP contribution >= 0.6 is 0 Å². The lowest BCUT2D eigenvalue weighted by Gasteiger charge is -2.23. The van der Waals surface area contributed by atoms with Crippen LogP contribution in [0, 0.1) is 13.8 Å². The smallest absolute Gasteiger partial charge is 0.576 e. The van der Waals surface area contributed by atoms with Gasteiger partial charge in [-0.3, -0.25) is 0 Å². The van der Waals surface area contributed by atoms with Gasteiger partial charge in [-0.25, -0.2) is 9.97 Å². The van der Waals surface area contributed by atoms with Gasteiger partial charge >= 0.3 is 27.5 Å². The molecule has 0 N–H and O–H groups in total. The van der Waals surface area contributed by atoms with Crippen LogP contribution in [-0.2, 0) is 12.4 Å². The third-order valence-corrected chi connectivity index (χ3v) is 9.61. The predicted molar refractivity (Wildman–Crippen MR) is 188 cm³/mol. The van der Waals surface area contributed by atoms with E-state index in [1.807, 2.05) is 66.7 Å². The predicted octanol–water partition coefficient (Wildman–Crippen LogP) is 11.3. The fraction of sp³-hybridized carbons (Fsp3) is 0.100. The highest BCUT2D eigenvalue weighted by Crippen LogP contribution is 2.42. The Kier molecular flexibility index (Phi) is 9.30. The van der Waals surface area contributed by atoms with E-state index in [4.69, 9.17) is 11.4 Å². The number of pyridine rings is 2. The molecule has 0 amide bonds. The van der Waals surface area contributed by atoms with Gasteiger partial charge in [0.25, 0.3) is 0 Å². The first-order valence-electron chi connectivity index (χ1n) is 16.0. The van der Waals surface area contributed by atoms with Crippen molar-refractivity contribution in [3.05, 3.63) is 150 Å². The van der Waals surface area contributed by atoms with Crippen molar-refractivity contribution in [3.8, 4) is 39.5 Å². The number of aryl methyl sites for hydroxylation is 2. The highest BCUT2D eigenvalue weighted by atomic mass is 27.3. The van der Waals surface area contributed by atoms with E-state index >= 15 is 0 Å². The van der Waals surface area contributed by atoms with Gasteiger partial charge in [-0.2, -0.15) is 26.3 Å². The van der Waals surface area contributed by atoms with Gasteiger partial charge in [-0.05, 0) is 61.4 Å². The zero-order valence-corrected chi connectivity index (χ0v) is 28.7. The largest absolute Gasteiger partial charge is 1.20 e. The summed E-state index contributed by atoms with van der Waals surface area (Å²) in [5.41, 5.74) is 1.85. The van der Waals surface area contributed by atoms with E-state index in [1.54, 1.807) is 38.1 Å². The highest BCUT2D eigenvalue weighted by molar-refractivity contribution is 6.40. The van der Waals surface area contributed by atoms with E-state index in [-0.39, 0.29) is 39.1 Å². The number of benzene rings is 5. The Morgan fingerprint density at radius 3 is 1.31 bits per heavy atom. The summed E-state index contributed by atoms with van der Waals surface area (Å²) in [4.78, 5) is 8.92. The van der Waals surface area contributed by atoms with Crippen molar-refractivity contribution < 1.29 is 37.7 Å². The van der Waals surface area contributed by atoms with Crippen LogP contribution in [0.25, 0.3) is 44.1 Å². The van der Waals surface area contributed by atoms with Crippen molar-refractivity contribution in [1.29, 1.82) is 0 Å². The molecule has 0 aliphatic heterocycles. The molecule has 0 saturated heterocycles. The maximum absolute atomic E-state index is 14.2. The van der Waals surface area contributed by atoms with Crippen LogP contribution in [0.5, 0.6) is 17.2 Å². The fourth-order valence-corrected chi connectivity index (χ4v) is 7.20. The second-order valence-electron chi connectivity index (χ2n) is 12.0. The molecule has 0 radical (unpaired) electrons. The zero-order chi connectivity index (χ0) is 36.6. The summed E-state index contributed by atoms with van der Waals surface area (Å²) in [6.07, 6.45) is -9.51. The van der Waals surface area contributed by atoms with Crippen molar-refractivity contribution in [2.75, 3.05) is 0 Å². The molecule has 12 heteroatoms. The number of alkyl halides is 6. The van der Waals surface area contributed by atoms with Crippen LogP contribution in [0.3, 0.4) is 0 Å². The summed E-state index contributed by atoms with van der Waals surface area (Å²) in [6.45, 7) is 3.35. The first-order chi connectivity index (χ1) is 24.8. The molecule has 7 aromatic rings. The van der Waals surface area contributed by atoms with Gasteiger partial charge in [0.1, 0.15) is 28.3 Å². The topological polar surface area (TPSA) is 53.5 Å². The number of halogens is 6. The minimum atomic E-state index is -4.75. The Balaban J connectivity index is 1.45. The lowest BCUT2D eigenvalue weighted by atomic mass is 9.97. The van der Waals surface area contributed by atoms with Crippen molar-refractivity contribution >= 4 is 37.0 Å². The van der Waals surface area contributed by atoms with E-state index in [9.17, 15) is 26.3 Å². The van der Waals surface area contributed by atoms with E-state index < -0.39 is 38.6 Å². The molecule has 0 bridgehead atoms. The molecule has 7 rings (SSSR count). The van der Waals surface area contributed by atoms with Crippen LogP contribution in [0.1, 0.15) is 22.5 Å². The number of aromatic nitrogens is 2. The zero-order valence-electron chi connectivity index (χ0n) is 27.6. The van der Waals surface area contributed by atoms with E-state index in [1.165, 1.54) is 12.1 Å². The van der Waals surface area contributed by atoms with Gasteiger partial charge in [0.15, 0.2) is 0 Å². The molecule has 2 aromatic heterocycles. The molecule has 0 spiro atoms. The first kappa shape index (κ1) is 34.9. The number of rotatable bonds is 8. The number of hydrogen-bond acceptors (Lipinski definition) is 5. The van der Waals surface area contributed by atoms with Crippen LogP contribution in [0.15, 0.2) is 127 Å². The minimum Gasteiger partial charge on any atom is -0.576 e. The number of fused-ring (bicyclic) bond motifs is 2. The van der Waals surface area contributed by atoms with Crippen LogP contribution in [0.4, 0.5) is 26.3 Å². The van der Waals surface area contributed by atoms with Crippen LogP contribution < -0.4 is 11.4 Å². The van der Waals surface area contributed by atoms with Crippen molar-refractivity contribution in [2.45, 2.75) is 26.2 Å². The molecule has 0 aliphatic rings. The summed E-state index contributed by atoms with van der Waals surface area (Å²) in [5, 5.41) is 0.277. The van der Waals surface area contributed by atoms with Gasteiger partial charge in [0.05, 0.1) is 11.1 Å². The lowest BCUT2D eigenvalue weighted by molar-refractivity contribution is -0.138. The number of para-hydroxylation sites is 1. The highest BCUT2D eigenvalue weighted by Gasteiger charge is 2.47. The van der Waals surface area contributed by atoms with Crippen molar-refractivity contribution in [2.24, 2.45) is 0 Å². The summed E-state index contributed by atoms with van der Waals surface area (Å²) >= 11 is -3.93. The Labute approximate surface area is 299 Å². The fourth-order valence-electron chi connectivity index (χ4n) is 5.84. The second kappa shape index (κ2) is 13.9. The number of hydrogen-bond donors (Lipinski definition) is 0. The molecule has 0 saturated carbocycles. The average molecular weight is 725 g/mol. The van der Waals surface area contributed by atoms with Gasteiger partial charge in [0, 0.05) is 33.3 Å².